The summed E-state index contributed by atoms with van der Waals surface area (Å²) in [6, 6.07) is 7.45. The number of aromatic nitrogens is 2. The highest BCUT2D eigenvalue weighted by atomic mass is 28.3. The molecule has 0 bridgehead atoms. The average Bonchev–Trinajstić information content (AvgIpc) is 3.17. The van der Waals surface area contributed by atoms with Gasteiger partial charge in [0.1, 0.15) is 12.4 Å². The zero-order valence-corrected chi connectivity index (χ0v) is 22.4. The van der Waals surface area contributed by atoms with Crippen LogP contribution < -0.4 is 10.3 Å². The van der Waals surface area contributed by atoms with E-state index in [1.807, 2.05) is 18.2 Å². The van der Waals surface area contributed by atoms with Gasteiger partial charge in [-0.3, -0.25) is 9.59 Å². The standard InChI is InChI=1S/C27H30N2O6Si/c1-7-27(33)20-11-21-23-16(12-29(21)25(31)19(20)13-34-26(27)32)10-18-22(35-15(3)30)9-8-17(24(18)28-23)14(2)36(4,5)6/h8-11,14,33H,7,12-13H2,1-6H3/t14?,27-/m0/s1. The van der Waals surface area contributed by atoms with Crippen LogP contribution in [0.25, 0.3) is 22.3 Å². The van der Waals surface area contributed by atoms with Gasteiger partial charge >= 0.3 is 11.9 Å². The summed E-state index contributed by atoms with van der Waals surface area (Å²) in [4.78, 5) is 42.8. The molecule has 2 aromatic heterocycles. The number of hydrogen-bond donors (Lipinski definition) is 1. The maximum absolute atomic E-state index is 13.5. The third kappa shape index (κ3) is 3.52. The molecule has 0 amide bonds. The molecule has 1 N–H and O–H groups in total. The summed E-state index contributed by atoms with van der Waals surface area (Å²) in [7, 11) is -1.61. The molecular weight excluding hydrogens is 476 g/mol. The van der Waals surface area contributed by atoms with E-state index in [1.165, 1.54) is 6.92 Å². The summed E-state index contributed by atoms with van der Waals surface area (Å²) in [5.41, 5.74) is 2.45. The molecule has 36 heavy (non-hydrogen) atoms. The number of carbonyl (C=O) groups excluding carboxylic acids is 2. The lowest BCUT2D eigenvalue weighted by molar-refractivity contribution is -0.172. The molecular formula is C27H30N2O6Si. The number of benzene rings is 1. The van der Waals surface area contributed by atoms with E-state index >= 15 is 0 Å². The average molecular weight is 507 g/mol. The first-order chi connectivity index (χ1) is 16.9. The minimum atomic E-state index is -1.87. The molecule has 5 rings (SSSR count). The molecule has 1 unspecified atom stereocenters. The monoisotopic (exact) mass is 506 g/mol. The molecule has 3 aromatic rings. The van der Waals surface area contributed by atoms with Crippen LogP contribution in [0.2, 0.25) is 19.6 Å². The van der Waals surface area contributed by atoms with Crippen molar-refractivity contribution in [2.45, 2.75) is 71.1 Å². The number of ether oxygens (including phenoxy) is 2. The van der Waals surface area contributed by atoms with Crippen molar-refractivity contribution in [3.8, 4) is 17.1 Å². The first-order valence-corrected chi connectivity index (χ1v) is 15.8. The molecule has 0 saturated heterocycles. The fourth-order valence-corrected chi connectivity index (χ4v) is 6.29. The van der Waals surface area contributed by atoms with E-state index in [9.17, 15) is 19.5 Å². The molecule has 4 heterocycles. The van der Waals surface area contributed by atoms with Crippen molar-refractivity contribution in [2.75, 3.05) is 0 Å². The topological polar surface area (TPSA) is 108 Å². The zero-order chi connectivity index (χ0) is 26.2. The van der Waals surface area contributed by atoms with Crippen molar-refractivity contribution < 1.29 is 24.2 Å². The molecule has 0 fully saturated rings. The summed E-state index contributed by atoms with van der Waals surface area (Å²) in [5.74, 6) is -0.733. The SMILES string of the molecule is CC[C@@]1(O)C(=O)OCc2c1cc1n(c2=O)Cc2cc3c(OC(C)=O)ccc(C(C)[Si](C)(C)C)c3nc2-1. The highest BCUT2D eigenvalue weighted by Crippen LogP contribution is 2.42. The van der Waals surface area contributed by atoms with Gasteiger partial charge in [0.2, 0.25) is 0 Å². The van der Waals surface area contributed by atoms with Crippen molar-refractivity contribution in [2.24, 2.45) is 0 Å². The first kappa shape index (κ1) is 24.4. The Morgan fingerprint density at radius 3 is 2.64 bits per heavy atom. The van der Waals surface area contributed by atoms with Crippen molar-refractivity contribution in [3.63, 3.8) is 0 Å². The first-order valence-electron chi connectivity index (χ1n) is 12.2. The van der Waals surface area contributed by atoms with Gasteiger partial charge in [0.25, 0.3) is 5.56 Å². The Bertz CT molecular complexity index is 1520. The predicted molar refractivity (Wildman–Crippen MR) is 138 cm³/mol. The minimum absolute atomic E-state index is 0.0867. The van der Waals surface area contributed by atoms with Gasteiger partial charge in [-0.1, -0.05) is 39.6 Å². The molecule has 2 atom stereocenters. The number of carbonyl (C=O) groups is 2. The van der Waals surface area contributed by atoms with Gasteiger partial charge in [-0.2, -0.15) is 0 Å². The Morgan fingerprint density at radius 1 is 1.28 bits per heavy atom. The molecule has 8 nitrogen and oxygen atoms in total. The second-order valence-electron chi connectivity index (χ2n) is 10.8. The third-order valence-electron chi connectivity index (χ3n) is 7.69. The third-order valence-corrected chi connectivity index (χ3v) is 10.6. The van der Waals surface area contributed by atoms with Crippen LogP contribution in [-0.4, -0.2) is 34.7 Å². The Morgan fingerprint density at radius 2 is 2.00 bits per heavy atom. The molecule has 188 valence electrons. The van der Waals surface area contributed by atoms with Crippen LogP contribution in [-0.2, 0) is 33.1 Å². The molecule has 2 aliphatic heterocycles. The Kier molecular flexibility index (Phi) is 5.49. The number of rotatable bonds is 4. The summed E-state index contributed by atoms with van der Waals surface area (Å²) in [6.07, 6.45) is 0.0867. The summed E-state index contributed by atoms with van der Waals surface area (Å²) in [5, 5.41) is 11.8. The Labute approximate surface area is 209 Å². The maximum Gasteiger partial charge on any atom is 0.343 e. The van der Waals surface area contributed by atoms with Crippen molar-refractivity contribution in [1.82, 2.24) is 9.55 Å². The van der Waals surface area contributed by atoms with Crippen LogP contribution >= 0.6 is 0 Å². The molecule has 0 saturated carbocycles. The lowest BCUT2D eigenvalue weighted by atomic mass is 9.86. The molecule has 1 aromatic carbocycles. The van der Waals surface area contributed by atoms with E-state index in [0.29, 0.717) is 17.1 Å². The highest BCUT2D eigenvalue weighted by molar-refractivity contribution is 6.77. The van der Waals surface area contributed by atoms with Gasteiger partial charge in [-0.05, 0) is 35.7 Å². The second-order valence-corrected chi connectivity index (χ2v) is 16.4. The van der Waals surface area contributed by atoms with E-state index in [2.05, 4.69) is 26.6 Å². The summed E-state index contributed by atoms with van der Waals surface area (Å²) >= 11 is 0. The smallest absolute Gasteiger partial charge is 0.343 e. The van der Waals surface area contributed by atoms with Gasteiger partial charge in [0, 0.05) is 23.4 Å². The molecule has 0 spiro atoms. The molecule has 0 radical (unpaired) electrons. The largest absolute Gasteiger partial charge is 0.458 e. The number of hydrogen-bond acceptors (Lipinski definition) is 7. The zero-order valence-electron chi connectivity index (χ0n) is 21.4. The van der Waals surface area contributed by atoms with Gasteiger partial charge < -0.3 is 19.1 Å². The lowest BCUT2D eigenvalue weighted by Crippen LogP contribution is -2.44. The molecule has 0 aliphatic carbocycles. The van der Waals surface area contributed by atoms with E-state index < -0.39 is 25.6 Å². The molecule has 9 heteroatoms. The Hall–Kier alpha value is -3.30. The van der Waals surface area contributed by atoms with Gasteiger partial charge in [-0.25, -0.2) is 9.78 Å². The number of cyclic esters (lactones) is 1. The number of pyridine rings is 2. The van der Waals surface area contributed by atoms with Crippen molar-refractivity contribution >= 4 is 30.9 Å². The van der Waals surface area contributed by atoms with Crippen LogP contribution in [0.5, 0.6) is 5.75 Å². The van der Waals surface area contributed by atoms with Gasteiger partial charge in [0.05, 0.1) is 37.1 Å². The summed E-state index contributed by atoms with van der Waals surface area (Å²) in [6.45, 7) is 12.2. The number of esters is 2. The minimum Gasteiger partial charge on any atom is -0.458 e. The predicted octanol–water partition coefficient (Wildman–Crippen LogP) is 3.99. The van der Waals surface area contributed by atoms with Crippen LogP contribution in [0.4, 0.5) is 0 Å². The lowest BCUT2D eigenvalue weighted by Gasteiger charge is -2.31. The van der Waals surface area contributed by atoms with E-state index in [-0.39, 0.29) is 41.8 Å². The van der Waals surface area contributed by atoms with Crippen LogP contribution in [0, 0.1) is 0 Å². The van der Waals surface area contributed by atoms with E-state index in [4.69, 9.17) is 14.5 Å². The molecule has 2 aliphatic rings. The Balaban J connectivity index is 1.80. The van der Waals surface area contributed by atoms with Crippen LogP contribution in [0.15, 0.2) is 29.1 Å². The van der Waals surface area contributed by atoms with Gasteiger partial charge in [0.15, 0.2) is 5.60 Å². The van der Waals surface area contributed by atoms with Crippen molar-refractivity contribution in [3.05, 3.63) is 56.9 Å². The van der Waals surface area contributed by atoms with E-state index in [1.54, 1.807) is 17.6 Å². The van der Waals surface area contributed by atoms with E-state index in [0.717, 1.165) is 22.0 Å². The quantitative estimate of drug-likeness (QED) is 0.253. The number of nitrogens with zero attached hydrogens (tertiary/aromatic N) is 2. The summed E-state index contributed by atoms with van der Waals surface area (Å²) < 4.78 is 12.3. The maximum atomic E-state index is 13.5. The van der Waals surface area contributed by atoms with Crippen molar-refractivity contribution in [1.29, 1.82) is 0 Å². The second kappa shape index (κ2) is 8.11. The number of aliphatic hydroxyl groups is 1. The van der Waals surface area contributed by atoms with Gasteiger partial charge in [-0.15, -0.1) is 0 Å². The fraction of sp³-hybridized carbons (Fsp3) is 0.407. The number of fused-ring (bicyclic) bond motifs is 5. The normalized spacial score (nSPS) is 19.4. The van der Waals surface area contributed by atoms with Crippen LogP contribution in [0.1, 0.15) is 55.0 Å². The highest BCUT2D eigenvalue weighted by Gasteiger charge is 2.45. The fourth-order valence-electron chi connectivity index (χ4n) is 5.12. The van der Waals surface area contributed by atoms with Crippen LogP contribution in [0.3, 0.4) is 0 Å².